The van der Waals surface area contributed by atoms with Crippen molar-refractivity contribution < 1.29 is 14.0 Å². The number of carbonyl (C=O) groups excluding carboxylic acids is 2. The fraction of sp³-hybridized carbons (Fsp3) is 0.429. The second-order valence-electron chi connectivity index (χ2n) is 4.79. The van der Waals surface area contributed by atoms with Gasteiger partial charge >= 0.3 is 11.8 Å². The first-order valence-electron chi connectivity index (χ1n) is 6.58. The van der Waals surface area contributed by atoms with Gasteiger partial charge in [0.1, 0.15) is 5.82 Å². The van der Waals surface area contributed by atoms with Crippen LogP contribution in [0.25, 0.3) is 0 Å². The molecule has 0 saturated carbocycles. The molecule has 0 bridgehead atoms. The maximum Gasteiger partial charge on any atom is 0.312 e. The summed E-state index contributed by atoms with van der Waals surface area (Å²) in [6, 6.07) is 6.24. The van der Waals surface area contributed by atoms with E-state index in [0.29, 0.717) is 31.7 Å². The van der Waals surface area contributed by atoms with Crippen LogP contribution in [0.3, 0.4) is 0 Å². The zero-order valence-corrected chi connectivity index (χ0v) is 11.4. The van der Waals surface area contributed by atoms with E-state index in [9.17, 15) is 14.0 Å². The van der Waals surface area contributed by atoms with E-state index >= 15 is 0 Å². The summed E-state index contributed by atoms with van der Waals surface area (Å²) < 4.78 is 13.5. The van der Waals surface area contributed by atoms with Crippen LogP contribution < -0.4 is 5.32 Å². The Kier molecular flexibility index (Phi) is 4.68. The quantitative estimate of drug-likeness (QED) is 0.788. The molecule has 0 aromatic heterocycles. The summed E-state index contributed by atoms with van der Waals surface area (Å²) in [6.45, 7) is 2.52. The summed E-state index contributed by atoms with van der Waals surface area (Å²) in [7, 11) is 1.51. The zero-order valence-electron chi connectivity index (χ0n) is 11.4. The molecule has 0 atom stereocenters. The van der Waals surface area contributed by atoms with E-state index < -0.39 is 11.8 Å². The van der Waals surface area contributed by atoms with Gasteiger partial charge in [0.2, 0.25) is 0 Å². The Morgan fingerprint density at radius 2 is 1.95 bits per heavy atom. The number of carbonyl (C=O) groups is 2. The lowest BCUT2D eigenvalue weighted by atomic mass is 10.2. The van der Waals surface area contributed by atoms with Crippen LogP contribution in [0, 0.1) is 5.82 Å². The molecule has 0 radical (unpaired) electrons. The number of rotatable bonds is 2. The van der Waals surface area contributed by atoms with Gasteiger partial charge in [0.05, 0.1) is 0 Å². The van der Waals surface area contributed by atoms with E-state index in [1.165, 1.54) is 22.9 Å². The first-order valence-corrected chi connectivity index (χ1v) is 6.58. The van der Waals surface area contributed by atoms with Gasteiger partial charge in [-0.15, -0.1) is 0 Å². The predicted molar refractivity (Wildman–Crippen MR) is 72.3 cm³/mol. The van der Waals surface area contributed by atoms with Crippen molar-refractivity contribution >= 4 is 11.8 Å². The van der Waals surface area contributed by atoms with Gasteiger partial charge in [-0.2, -0.15) is 0 Å². The highest BCUT2D eigenvalue weighted by atomic mass is 19.1. The van der Waals surface area contributed by atoms with Gasteiger partial charge in [-0.3, -0.25) is 9.59 Å². The first-order chi connectivity index (χ1) is 9.59. The van der Waals surface area contributed by atoms with Crippen LogP contribution in [0.5, 0.6) is 0 Å². The standard InChI is InChI=1S/C14H18FN3O2/c1-17(10-11-4-2-3-5-12(11)15)13(19)14(20)18-8-6-16-7-9-18/h2-5,16H,6-10H2,1H3. The van der Waals surface area contributed by atoms with Crippen molar-refractivity contribution in [3.63, 3.8) is 0 Å². The van der Waals surface area contributed by atoms with Crippen LogP contribution in [0.4, 0.5) is 4.39 Å². The minimum absolute atomic E-state index is 0.0866. The van der Waals surface area contributed by atoms with Gasteiger partial charge in [-0.05, 0) is 6.07 Å². The molecule has 6 heteroatoms. The van der Waals surface area contributed by atoms with Gasteiger partial charge in [0, 0.05) is 45.3 Å². The Bertz CT molecular complexity index is 501. The van der Waals surface area contributed by atoms with Gasteiger partial charge in [0.15, 0.2) is 0 Å². The minimum Gasteiger partial charge on any atom is -0.333 e. The van der Waals surface area contributed by atoms with Gasteiger partial charge in [-0.1, -0.05) is 18.2 Å². The van der Waals surface area contributed by atoms with Crippen LogP contribution in [0.2, 0.25) is 0 Å². The molecule has 1 heterocycles. The largest absolute Gasteiger partial charge is 0.333 e. The summed E-state index contributed by atoms with van der Waals surface area (Å²) in [5, 5.41) is 3.12. The number of halogens is 1. The van der Waals surface area contributed by atoms with Crippen molar-refractivity contribution in [2.45, 2.75) is 6.54 Å². The fourth-order valence-electron chi connectivity index (χ4n) is 2.12. The summed E-state index contributed by atoms with van der Waals surface area (Å²) in [5.41, 5.74) is 0.400. The molecule has 1 aliphatic heterocycles. The van der Waals surface area contributed by atoms with Crippen molar-refractivity contribution in [1.82, 2.24) is 15.1 Å². The molecule has 108 valence electrons. The molecule has 1 aromatic carbocycles. The number of nitrogens with one attached hydrogen (secondary N) is 1. The molecule has 1 aromatic rings. The van der Waals surface area contributed by atoms with E-state index in [4.69, 9.17) is 0 Å². The molecule has 0 spiro atoms. The molecule has 20 heavy (non-hydrogen) atoms. The van der Waals surface area contributed by atoms with Gasteiger partial charge in [-0.25, -0.2) is 4.39 Å². The summed E-state index contributed by atoms with van der Waals surface area (Å²) >= 11 is 0. The van der Waals surface area contributed by atoms with Gasteiger partial charge < -0.3 is 15.1 Å². The van der Waals surface area contributed by atoms with E-state index in [2.05, 4.69) is 5.32 Å². The highest BCUT2D eigenvalue weighted by molar-refractivity contribution is 6.34. The van der Waals surface area contributed by atoms with Gasteiger partial charge in [0.25, 0.3) is 0 Å². The van der Waals surface area contributed by atoms with E-state index in [-0.39, 0.29) is 12.4 Å². The number of nitrogens with zero attached hydrogens (tertiary/aromatic N) is 2. The third-order valence-electron chi connectivity index (χ3n) is 3.30. The molecule has 1 N–H and O–H groups in total. The fourth-order valence-corrected chi connectivity index (χ4v) is 2.12. The Morgan fingerprint density at radius 1 is 1.30 bits per heavy atom. The number of piperazine rings is 1. The monoisotopic (exact) mass is 279 g/mol. The minimum atomic E-state index is -0.602. The molecular formula is C14H18FN3O2. The van der Waals surface area contributed by atoms with Crippen LogP contribution in [0.15, 0.2) is 24.3 Å². The number of amides is 2. The van der Waals surface area contributed by atoms with Crippen molar-refractivity contribution in [2.24, 2.45) is 0 Å². The number of hydrogen-bond acceptors (Lipinski definition) is 3. The molecule has 0 aliphatic carbocycles. The van der Waals surface area contributed by atoms with E-state index in [0.717, 1.165) is 0 Å². The Hall–Kier alpha value is -1.95. The van der Waals surface area contributed by atoms with Crippen molar-refractivity contribution in [2.75, 3.05) is 33.2 Å². The molecule has 2 rings (SSSR count). The highest BCUT2D eigenvalue weighted by Crippen LogP contribution is 2.09. The Labute approximate surface area is 117 Å². The normalized spacial score (nSPS) is 15.0. The van der Waals surface area contributed by atoms with Crippen LogP contribution in [-0.4, -0.2) is 54.8 Å². The third kappa shape index (κ3) is 3.33. The number of likely N-dealkylation sites (N-methyl/N-ethyl adjacent to an activating group) is 1. The summed E-state index contributed by atoms with van der Waals surface area (Å²) in [6.07, 6.45) is 0. The molecule has 1 fully saturated rings. The molecule has 1 saturated heterocycles. The van der Waals surface area contributed by atoms with Crippen molar-refractivity contribution in [3.05, 3.63) is 35.6 Å². The predicted octanol–water partition coefficient (Wildman–Crippen LogP) is 0.216. The average Bonchev–Trinajstić information content (AvgIpc) is 2.49. The lowest BCUT2D eigenvalue weighted by Crippen LogP contribution is -2.51. The highest BCUT2D eigenvalue weighted by Gasteiger charge is 2.26. The SMILES string of the molecule is CN(Cc1ccccc1F)C(=O)C(=O)N1CCNCC1. The second-order valence-corrected chi connectivity index (χ2v) is 4.79. The lowest BCUT2D eigenvalue weighted by molar-refractivity contribution is -0.151. The molecule has 0 unspecified atom stereocenters. The Morgan fingerprint density at radius 3 is 2.60 bits per heavy atom. The third-order valence-corrected chi connectivity index (χ3v) is 3.30. The molecule has 1 aliphatic rings. The molecular weight excluding hydrogens is 261 g/mol. The Balaban J connectivity index is 1.98. The molecule has 2 amide bonds. The van der Waals surface area contributed by atoms with E-state index in [1.54, 1.807) is 18.2 Å². The lowest BCUT2D eigenvalue weighted by Gasteiger charge is -2.28. The zero-order chi connectivity index (χ0) is 14.5. The van der Waals surface area contributed by atoms with Crippen LogP contribution in [-0.2, 0) is 16.1 Å². The van der Waals surface area contributed by atoms with Crippen molar-refractivity contribution in [1.29, 1.82) is 0 Å². The number of hydrogen-bond donors (Lipinski definition) is 1. The topological polar surface area (TPSA) is 52.7 Å². The first kappa shape index (κ1) is 14.5. The number of benzene rings is 1. The maximum absolute atomic E-state index is 13.5. The van der Waals surface area contributed by atoms with E-state index in [1.807, 2.05) is 0 Å². The average molecular weight is 279 g/mol. The summed E-state index contributed by atoms with van der Waals surface area (Å²) in [4.78, 5) is 26.9. The second kappa shape index (κ2) is 6.47. The summed E-state index contributed by atoms with van der Waals surface area (Å²) in [5.74, 6) is -1.50. The van der Waals surface area contributed by atoms with Crippen LogP contribution in [0.1, 0.15) is 5.56 Å². The van der Waals surface area contributed by atoms with Crippen LogP contribution >= 0.6 is 0 Å². The smallest absolute Gasteiger partial charge is 0.312 e. The van der Waals surface area contributed by atoms with Crippen molar-refractivity contribution in [3.8, 4) is 0 Å². The molecule has 5 nitrogen and oxygen atoms in total. The maximum atomic E-state index is 13.5.